The zero-order valence-corrected chi connectivity index (χ0v) is 15.4. The Morgan fingerprint density at radius 2 is 1.83 bits per heavy atom. The van der Waals surface area contributed by atoms with Gasteiger partial charge < -0.3 is 15.4 Å². The Labute approximate surface area is 165 Å². The van der Waals surface area contributed by atoms with Crippen LogP contribution in [-0.4, -0.2) is 34.3 Å². The maximum atomic E-state index is 11.8. The van der Waals surface area contributed by atoms with Crippen LogP contribution in [0, 0.1) is 10.1 Å². The highest BCUT2D eigenvalue weighted by Gasteiger charge is 2.07. The molecule has 10 nitrogen and oxygen atoms in total. The van der Waals surface area contributed by atoms with Gasteiger partial charge in [-0.1, -0.05) is 18.2 Å². The maximum absolute atomic E-state index is 11.8. The van der Waals surface area contributed by atoms with Crippen molar-refractivity contribution in [2.75, 3.05) is 18.4 Å². The molecule has 2 aromatic carbocycles. The molecule has 0 aliphatic carbocycles. The summed E-state index contributed by atoms with van der Waals surface area (Å²) in [4.78, 5) is 33.6. The van der Waals surface area contributed by atoms with Crippen LogP contribution < -0.4 is 16.2 Å². The third-order valence-electron chi connectivity index (χ3n) is 4.13. The Morgan fingerprint density at radius 3 is 2.55 bits per heavy atom. The van der Waals surface area contributed by atoms with Gasteiger partial charge in [0.05, 0.1) is 10.3 Å². The third kappa shape index (κ3) is 5.28. The summed E-state index contributed by atoms with van der Waals surface area (Å²) in [7, 11) is 0. The van der Waals surface area contributed by atoms with Gasteiger partial charge in [0.25, 0.3) is 11.2 Å². The number of alkyl carbamates (subject to hydrolysis) is 1. The van der Waals surface area contributed by atoms with Crippen LogP contribution in [-0.2, 0) is 11.3 Å². The minimum absolute atomic E-state index is 0.0181. The van der Waals surface area contributed by atoms with Crippen molar-refractivity contribution >= 4 is 28.4 Å². The predicted octanol–water partition coefficient (Wildman–Crippen LogP) is 2.56. The van der Waals surface area contributed by atoms with Crippen LogP contribution in [0.2, 0.25) is 0 Å². The molecule has 1 amide bonds. The number of aromatic nitrogens is 2. The monoisotopic (exact) mass is 397 g/mol. The smallest absolute Gasteiger partial charge is 0.407 e. The normalized spacial score (nSPS) is 10.5. The van der Waals surface area contributed by atoms with E-state index in [2.05, 4.69) is 20.8 Å². The summed E-state index contributed by atoms with van der Waals surface area (Å²) < 4.78 is 5.07. The van der Waals surface area contributed by atoms with E-state index in [4.69, 9.17) is 4.74 Å². The lowest BCUT2D eigenvalue weighted by Crippen LogP contribution is -2.26. The molecule has 0 saturated heterocycles. The van der Waals surface area contributed by atoms with Crippen molar-refractivity contribution < 1.29 is 14.5 Å². The number of benzene rings is 2. The topological polar surface area (TPSA) is 139 Å². The Kier molecular flexibility index (Phi) is 6.36. The SMILES string of the molecule is O=C(NCCCNc1n[nH]c(=O)c2ccccc12)OCc1ccc([N+](=O)[O-])cc1. The molecule has 1 aromatic heterocycles. The number of H-pyrrole nitrogens is 1. The molecule has 10 heteroatoms. The van der Waals surface area contributed by atoms with Gasteiger partial charge in [0.1, 0.15) is 6.61 Å². The van der Waals surface area contributed by atoms with Crippen LogP contribution >= 0.6 is 0 Å². The molecule has 0 spiro atoms. The molecule has 0 radical (unpaired) electrons. The maximum Gasteiger partial charge on any atom is 0.407 e. The molecule has 0 aliphatic rings. The van der Waals surface area contributed by atoms with Crippen molar-refractivity contribution in [1.82, 2.24) is 15.5 Å². The van der Waals surface area contributed by atoms with Crippen molar-refractivity contribution in [3.8, 4) is 0 Å². The van der Waals surface area contributed by atoms with E-state index in [-0.39, 0.29) is 17.9 Å². The summed E-state index contributed by atoms with van der Waals surface area (Å²) >= 11 is 0. The first-order chi connectivity index (χ1) is 14.0. The Bertz CT molecular complexity index is 1060. The van der Waals surface area contributed by atoms with Crippen molar-refractivity contribution in [1.29, 1.82) is 0 Å². The molecule has 0 saturated carbocycles. The second kappa shape index (κ2) is 9.31. The van der Waals surface area contributed by atoms with Gasteiger partial charge in [0.2, 0.25) is 0 Å². The second-order valence-corrected chi connectivity index (χ2v) is 6.15. The van der Waals surface area contributed by atoms with Crippen molar-refractivity contribution in [3.05, 3.63) is 74.6 Å². The number of fused-ring (bicyclic) bond motifs is 1. The van der Waals surface area contributed by atoms with Crippen molar-refractivity contribution in [3.63, 3.8) is 0 Å². The summed E-state index contributed by atoms with van der Waals surface area (Å²) in [5.41, 5.74) is 0.391. The summed E-state index contributed by atoms with van der Waals surface area (Å²) in [6.07, 6.45) is 0.0397. The number of nitro groups is 1. The largest absolute Gasteiger partial charge is 0.445 e. The number of nitro benzene ring substituents is 1. The number of nitrogens with one attached hydrogen (secondary N) is 3. The first-order valence-electron chi connectivity index (χ1n) is 8.90. The van der Waals surface area contributed by atoms with Gasteiger partial charge in [0.15, 0.2) is 5.82 Å². The molecule has 3 aromatic rings. The number of non-ortho nitro benzene ring substituents is 1. The van der Waals surface area contributed by atoms with Gasteiger partial charge in [-0.25, -0.2) is 9.89 Å². The number of amides is 1. The summed E-state index contributed by atoms with van der Waals surface area (Å²) in [5, 5.41) is 24.1. The quantitative estimate of drug-likeness (QED) is 0.301. The highest BCUT2D eigenvalue weighted by atomic mass is 16.6. The molecule has 0 atom stereocenters. The van der Waals surface area contributed by atoms with E-state index in [1.165, 1.54) is 24.3 Å². The van der Waals surface area contributed by atoms with Gasteiger partial charge in [-0.3, -0.25) is 14.9 Å². The summed E-state index contributed by atoms with van der Waals surface area (Å²) in [5.74, 6) is 0.570. The highest BCUT2D eigenvalue weighted by Crippen LogP contribution is 2.16. The fourth-order valence-corrected chi connectivity index (χ4v) is 2.65. The van der Waals surface area contributed by atoms with E-state index in [1.807, 2.05) is 12.1 Å². The molecule has 3 rings (SSSR count). The highest BCUT2D eigenvalue weighted by molar-refractivity contribution is 5.90. The Balaban J connectivity index is 1.38. The number of carbonyl (C=O) groups excluding carboxylic acids is 1. The third-order valence-corrected chi connectivity index (χ3v) is 4.13. The number of hydrogen-bond acceptors (Lipinski definition) is 7. The fourth-order valence-electron chi connectivity index (χ4n) is 2.65. The molecular formula is C19H19N5O5. The molecule has 0 unspecified atom stereocenters. The summed E-state index contributed by atoms with van der Waals surface area (Å²) in [6, 6.07) is 12.9. The number of aromatic amines is 1. The zero-order valence-electron chi connectivity index (χ0n) is 15.4. The molecule has 0 aliphatic heterocycles. The first kappa shape index (κ1) is 19.8. The van der Waals surface area contributed by atoms with Crippen LogP contribution in [0.3, 0.4) is 0 Å². The molecule has 150 valence electrons. The molecule has 29 heavy (non-hydrogen) atoms. The fraction of sp³-hybridized carbons (Fsp3) is 0.211. The number of carbonyl (C=O) groups is 1. The first-order valence-corrected chi connectivity index (χ1v) is 8.90. The van der Waals surface area contributed by atoms with Crippen molar-refractivity contribution in [2.24, 2.45) is 0 Å². The predicted molar refractivity (Wildman–Crippen MR) is 107 cm³/mol. The second-order valence-electron chi connectivity index (χ2n) is 6.15. The molecule has 0 fully saturated rings. The lowest BCUT2D eigenvalue weighted by Gasteiger charge is -2.09. The van der Waals surface area contributed by atoms with Crippen LogP contribution in [0.5, 0.6) is 0 Å². The van der Waals surface area contributed by atoms with E-state index in [9.17, 15) is 19.7 Å². The average molecular weight is 397 g/mol. The van der Waals surface area contributed by atoms with Crippen LogP contribution in [0.4, 0.5) is 16.3 Å². The van der Waals surface area contributed by atoms with Crippen LogP contribution in [0.25, 0.3) is 10.8 Å². The number of anilines is 1. The molecule has 1 heterocycles. The lowest BCUT2D eigenvalue weighted by molar-refractivity contribution is -0.384. The number of nitrogens with zero attached hydrogens (tertiary/aromatic N) is 2. The van der Waals surface area contributed by atoms with E-state index >= 15 is 0 Å². The van der Waals surface area contributed by atoms with E-state index in [0.717, 1.165) is 5.39 Å². The van der Waals surface area contributed by atoms with E-state index in [0.29, 0.717) is 36.3 Å². The Morgan fingerprint density at radius 1 is 1.10 bits per heavy atom. The molecule has 3 N–H and O–H groups in total. The van der Waals surface area contributed by atoms with E-state index in [1.54, 1.807) is 12.1 Å². The Hall–Kier alpha value is -3.95. The van der Waals surface area contributed by atoms with Gasteiger partial charge in [0, 0.05) is 30.6 Å². The standard InChI is InChI=1S/C19H19N5O5/c25-18-16-5-2-1-4-15(16)17(22-23-18)20-10-3-11-21-19(26)29-12-13-6-8-14(9-7-13)24(27)28/h1-2,4-9H,3,10-12H2,(H,20,22)(H,21,26)(H,23,25). The lowest BCUT2D eigenvalue weighted by atomic mass is 10.2. The van der Waals surface area contributed by atoms with Gasteiger partial charge in [-0.05, 0) is 30.2 Å². The van der Waals surface area contributed by atoms with Crippen molar-refractivity contribution in [2.45, 2.75) is 13.0 Å². The minimum atomic E-state index is -0.573. The van der Waals surface area contributed by atoms with Gasteiger partial charge in [-0.15, -0.1) is 0 Å². The van der Waals surface area contributed by atoms with Crippen LogP contribution in [0.15, 0.2) is 53.3 Å². The summed E-state index contributed by atoms with van der Waals surface area (Å²) in [6.45, 7) is 0.939. The zero-order chi connectivity index (χ0) is 20.6. The van der Waals surface area contributed by atoms with Gasteiger partial charge >= 0.3 is 6.09 Å². The number of hydrogen-bond donors (Lipinski definition) is 3. The van der Waals surface area contributed by atoms with E-state index < -0.39 is 11.0 Å². The minimum Gasteiger partial charge on any atom is -0.445 e. The molecule has 0 bridgehead atoms. The van der Waals surface area contributed by atoms with Crippen LogP contribution in [0.1, 0.15) is 12.0 Å². The number of rotatable bonds is 8. The van der Waals surface area contributed by atoms with Gasteiger partial charge in [-0.2, -0.15) is 5.10 Å². The number of ether oxygens (including phenoxy) is 1. The average Bonchev–Trinajstić information content (AvgIpc) is 2.74. The molecular weight excluding hydrogens is 378 g/mol.